The van der Waals surface area contributed by atoms with Crippen molar-refractivity contribution in [2.75, 3.05) is 0 Å². The van der Waals surface area contributed by atoms with Crippen molar-refractivity contribution in [2.24, 2.45) is 0 Å². The van der Waals surface area contributed by atoms with Crippen LogP contribution in [-0.4, -0.2) is 10.8 Å². The smallest absolute Gasteiger partial charge is 0.197 e. The Hall–Kier alpha value is -3.20. The monoisotopic (exact) mass is 369 g/mol. The van der Waals surface area contributed by atoms with Crippen LogP contribution in [0.1, 0.15) is 63.8 Å². The molecule has 1 aliphatic rings. The maximum Gasteiger partial charge on any atom is 0.197 e. The van der Waals surface area contributed by atoms with E-state index in [0.29, 0.717) is 29.4 Å². The molecule has 3 aromatic rings. The van der Waals surface area contributed by atoms with Crippen molar-refractivity contribution < 1.29 is 9.53 Å². The summed E-state index contributed by atoms with van der Waals surface area (Å²) in [6.07, 6.45) is 3.98. The first kappa shape index (κ1) is 18.2. The van der Waals surface area contributed by atoms with Gasteiger partial charge in [0.2, 0.25) is 0 Å². The van der Waals surface area contributed by atoms with Crippen molar-refractivity contribution >= 4 is 17.9 Å². The molecule has 1 aromatic heterocycles. The molecule has 2 heterocycles. The minimum Gasteiger partial charge on any atom is -0.488 e. The molecule has 2 aromatic carbocycles. The molecule has 0 bridgehead atoms. The lowest BCUT2D eigenvalue weighted by atomic mass is 9.98. The Morgan fingerprint density at radius 1 is 1.00 bits per heavy atom. The lowest BCUT2D eigenvalue weighted by molar-refractivity contribution is 0.103. The number of benzene rings is 2. The molecule has 0 spiro atoms. The van der Waals surface area contributed by atoms with Gasteiger partial charge in [0.25, 0.3) is 0 Å². The number of carbonyl (C=O) groups excluding carboxylic acids is 1. The molecule has 0 saturated heterocycles. The summed E-state index contributed by atoms with van der Waals surface area (Å²) in [5.41, 5.74) is 6.42. The van der Waals surface area contributed by atoms with E-state index in [0.717, 1.165) is 22.5 Å². The number of aromatic nitrogens is 1. The number of aryl methyl sites for hydroxylation is 1. The summed E-state index contributed by atoms with van der Waals surface area (Å²) >= 11 is 0. The molecule has 4 rings (SSSR count). The fourth-order valence-corrected chi connectivity index (χ4v) is 3.54. The molecule has 3 heteroatoms. The summed E-state index contributed by atoms with van der Waals surface area (Å²) in [5.74, 6) is 1.03. The lowest BCUT2D eigenvalue weighted by Crippen LogP contribution is -2.02. The number of rotatable bonds is 3. The zero-order valence-corrected chi connectivity index (χ0v) is 16.4. The quantitative estimate of drug-likeness (QED) is 0.585. The third kappa shape index (κ3) is 3.48. The fraction of sp³-hybridized carbons (Fsp3) is 0.200. The highest BCUT2D eigenvalue weighted by Crippen LogP contribution is 2.29. The van der Waals surface area contributed by atoms with Crippen LogP contribution in [0, 0.1) is 6.92 Å². The Balaban J connectivity index is 1.66. The Labute approximate surface area is 165 Å². The normalized spacial score (nSPS) is 13.2. The summed E-state index contributed by atoms with van der Waals surface area (Å²) in [6.45, 7) is 6.80. The second-order valence-corrected chi connectivity index (χ2v) is 7.46. The minimum atomic E-state index is 0.00825. The lowest BCUT2D eigenvalue weighted by Gasteiger charge is -2.09. The van der Waals surface area contributed by atoms with Crippen LogP contribution in [0.15, 0.2) is 54.6 Å². The average molecular weight is 369 g/mol. The molecule has 0 N–H and O–H groups in total. The first-order chi connectivity index (χ1) is 13.5. The van der Waals surface area contributed by atoms with E-state index in [4.69, 9.17) is 9.72 Å². The molecule has 0 fully saturated rings. The summed E-state index contributed by atoms with van der Waals surface area (Å²) in [5, 5.41) is 0. The average Bonchev–Trinajstić information content (AvgIpc) is 2.84. The molecule has 0 radical (unpaired) electrons. The highest BCUT2D eigenvalue weighted by Gasteiger charge is 2.21. The fourth-order valence-electron chi connectivity index (χ4n) is 3.54. The van der Waals surface area contributed by atoms with E-state index in [1.54, 1.807) is 0 Å². The molecular weight excluding hydrogens is 346 g/mol. The van der Waals surface area contributed by atoms with Gasteiger partial charge in [-0.3, -0.25) is 9.78 Å². The van der Waals surface area contributed by atoms with Crippen molar-refractivity contribution in [3.8, 4) is 5.75 Å². The molecule has 0 atom stereocenters. The topological polar surface area (TPSA) is 39.2 Å². The van der Waals surface area contributed by atoms with E-state index in [2.05, 4.69) is 26.8 Å². The highest BCUT2D eigenvalue weighted by molar-refractivity contribution is 6.12. The molecule has 140 valence electrons. The van der Waals surface area contributed by atoms with Crippen molar-refractivity contribution in [1.29, 1.82) is 0 Å². The summed E-state index contributed by atoms with van der Waals surface area (Å²) in [6, 6.07) is 17.5. The number of hydrogen-bond donors (Lipinski definition) is 0. The molecule has 0 aliphatic carbocycles. The van der Waals surface area contributed by atoms with Gasteiger partial charge in [0.05, 0.1) is 11.3 Å². The Bertz CT molecular complexity index is 1080. The molecule has 3 nitrogen and oxygen atoms in total. The zero-order valence-electron chi connectivity index (χ0n) is 16.4. The van der Waals surface area contributed by atoms with Gasteiger partial charge < -0.3 is 4.74 Å². The third-order valence-electron chi connectivity index (χ3n) is 5.04. The van der Waals surface area contributed by atoms with E-state index in [-0.39, 0.29) is 5.78 Å². The van der Waals surface area contributed by atoms with Gasteiger partial charge in [-0.25, -0.2) is 0 Å². The van der Waals surface area contributed by atoms with E-state index in [9.17, 15) is 4.79 Å². The van der Waals surface area contributed by atoms with Crippen molar-refractivity contribution in [2.45, 2.75) is 33.3 Å². The van der Waals surface area contributed by atoms with Crippen LogP contribution < -0.4 is 4.74 Å². The van der Waals surface area contributed by atoms with E-state index >= 15 is 0 Å². The van der Waals surface area contributed by atoms with E-state index < -0.39 is 0 Å². The van der Waals surface area contributed by atoms with Crippen LogP contribution in [-0.2, 0) is 6.61 Å². The summed E-state index contributed by atoms with van der Waals surface area (Å²) < 4.78 is 5.86. The van der Waals surface area contributed by atoms with Gasteiger partial charge >= 0.3 is 0 Å². The van der Waals surface area contributed by atoms with Crippen molar-refractivity contribution in [1.82, 2.24) is 4.98 Å². The minimum absolute atomic E-state index is 0.00825. The van der Waals surface area contributed by atoms with Crippen molar-refractivity contribution in [3.63, 3.8) is 0 Å². The number of ether oxygens (including phenoxy) is 1. The number of ketones is 1. The number of nitrogens with zero attached hydrogens (tertiary/aromatic N) is 1. The van der Waals surface area contributed by atoms with Crippen LogP contribution in [0.4, 0.5) is 0 Å². The van der Waals surface area contributed by atoms with Gasteiger partial charge in [0.15, 0.2) is 5.78 Å². The second kappa shape index (κ2) is 7.43. The molecular formula is C25H23NO2. The Kier molecular flexibility index (Phi) is 4.82. The van der Waals surface area contributed by atoms with Crippen molar-refractivity contribution in [3.05, 3.63) is 93.8 Å². The van der Waals surface area contributed by atoms with Crippen LogP contribution >= 0.6 is 0 Å². The summed E-state index contributed by atoms with van der Waals surface area (Å²) in [7, 11) is 0. The molecule has 0 saturated carbocycles. The summed E-state index contributed by atoms with van der Waals surface area (Å²) in [4.78, 5) is 17.8. The maximum atomic E-state index is 13.0. The first-order valence-electron chi connectivity index (χ1n) is 9.58. The maximum absolute atomic E-state index is 13.0. The van der Waals surface area contributed by atoms with Gasteiger partial charge in [-0.2, -0.15) is 0 Å². The number of pyridine rings is 1. The van der Waals surface area contributed by atoms with Crippen LogP contribution in [0.5, 0.6) is 5.75 Å². The zero-order chi connectivity index (χ0) is 19.7. The number of fused-ring (bicyclic) bond motifs is 2. The van der Waals surface area contributed by atoms with Gasteiger partial charge in [-0.05, 0) is 48.2 Å². The van der Waals surface area contributed by atoms with E-state index in [1.807, 2.05) is 60.7 Å². The first-order valence-corrected chi connectivity index (χ1v) is 9.58. The molecule has 0 amide bonds. The van der Waals surface area contributed by atoms with Gasteiger partial charge in [0, 0.05) is 16.8 Å². The highest BCUT2D eigenvalue weighted by atomic mass is 16.5. The standard InChI is InChI=1S/C25H23NO2/c1-16(2)24-17(3)8-11-20(26-24)12-9-18-10-13-23-22(14-18)25(27)21-7-5-4-6-19(21)15-28-23/h4-14,16H,15H2,1-3H3/b12-9+. The molecule has 1 aliphatic heterocycles. The van der Waals surface area contributed by atoms with Crippen LogP contribution in [0.3, 0.4) is 0 Å². The largest absolute Gasteiger partial charge is 0.488 e. The number of hydrogen-bond acceptors (Lipinski definition) is 3. The van der Waals surface area contributed by atoms with Crippen LogP contribution in [0.25, 0.3) is 12.2 Å². The predicted octanol–water partition coefficient (Wildman–Crippen LogP) is 5.81. The Morgan fingerprint density at radius 2 is 1.82 bits per heavy atom. The molecule has 28 heavy (non-hydrogen) atoms. The SMILES string of the molecule is Cc1ccc(/C=C/c2ccc3c(c2)C(=O)c2ccccc2CO3)nc1C(C)C. The third-order valence-corrected chi connectivity index (χ3v) is 5.04. The molecule has 0 unspecified atom stereocenters. The van der Waals surface area contributed by atoms with Gasteiger partial charge in [-0.15, -0.1) is 0 Å². The van der Waals surface area contributed by atoms with Gasteiger partial charge in [-0.1, -0.05) is 56.3 Å². The number of carbonyl (C=O) groups is 1. The predicted molar refractivity (Wildman–Crippen MR) is 113 cm³/mol. The van der Waals surface area contributed by atoms with Gasteiger partial charge in [0.1, 0.15) is 12.4 Å². The van der Waals surface area contributed by atoms with Crippen LogP contribution in [0.2, 0.25) is 0 Å². The van der Waals surface area contributed by atoms with E-state index in [1.165, 1.54) is 5.56 Å². The second-order valence-electron chi connectivity index (χ2n) is 7.46. The Morgan fingerprint density at radius 3 is 2.64 bits per heavy atom.